The molecule has 1 aromatic heterocycles. The van der Waals surface area contributed by atoms with Crippen LogP contribution in [0.2, 0.25) is 0 Å². The van der Waals surface area contributed by atoms with E-state index in [9.17, 15) is 0 Å². The molecule has 20 heavy (non-hydrogen) atoms. The highest BCUT2D eigenvalue weighted by Gasteiger charge is 2.36. The van der Waals surface area contributed by atoms with Gasteiger partial charge in [-0.05, 0) is 37.6 Å². The van der Waals surface area contributed by atoms with Crippen LogP contribution in [-0.4, -0.2) is 19.1 Å². The molecule has 1 atom stereocenters. The lowest BCUT2D eigenvalue weighted by Gasteiger charge is -2.37. The summed E-state index contributed by atoms with van der Waals surface area (Å²) >= 11 is 1.61. The number of nitrogen functional groups attached to an aromatic ring is 1. The standard InChI is InChI=1S/C15H19N3OS/c1-17-15(10-4-3-5-11(8-10)19-2)7-6-12-13(9-15)20-14(16)18-12/h3-5,8,17H,6-7,9H2,1-2H3,(H2,16,18)/t15-/m0/s1. The molecule has 106 valence electrons. The molecule has 1 aliphatic carbocycles. The first kappa shape index (κ1) is 13.4. The molecule has 3 rings (SSSR count). The van der Waals surface area contributed by atoms with E-state index in [2.05, 4.69) is 22.4 Å². The van der Waals surface area contributed by atoms with Crippen molar-refractivity contribution in [1.29, 1.82) is 0 Å². The van der Waals surface area contributed by atoms with Crippen molar-refractivity contribution in [3.05, 3.63) is 40.4 Å². The summed E-state index contributed by atoms with van der Waals surface area (Å²) in [6.07, 6.45) is 2.91. The fourth-order valence-electron chi connectivity index (χ4n) is 2.96. The molecule has 2 aromatic rings. The molecule has 0 bridgehead atoms. The Bertz CT molecular complexity index is 625. The third-order valence-corrected chi connectivity index (χ3v) is 5.07. The van der Waals surface area contributed by atoms with Crippen molar-refractivity contribution in [2.24, 2.45) is 0 Å². The minimum Gasteiger partial charge on any atom is -0.497 e. The molecule has 1 aromatic carbocycles. The largest absolute Gasteiger partial charge is 0.497 e. The van der Waals surface area contributed by atoms with Crippen molar-refractivity contribution < 1.29 is 4.74 Å². The van der Waals surface area contributed by atoms with E-state index < -0.39 is 0 Å². The van der Waals surface area contributed by atoms with Gasteiger partial charge in [0.05, 0.1) is 12.8 Å². The Morgan fingerprint density at radius 3 is 3.05 bits per heavy atom. The van der Waals surface area contributed by atoms with Crippen LogP contribution >= 0.6 is 11.3 Å². The molecule has 0 spiro atoms. The predicted octanol–water partition coefficient (Wildman–Crippen LogP) is 2.34. The average Bonchev–Trinajstić information content (AvgIpc) is 2.86. The van der Waals surface area contributed by atoms with Gasteiger partial charge in [-0.15, -0.1) is 11.3 Å². The zero-order chi connectivity index (χ0) is 14.2. The van der Waals surface area contributed by atoms with Crippen molar-refractivity contribution >= 4 is 16.5 Å². The fourth-order valence-corrected chi connectivity index (χ4v) is 3.95. The summed E-state index contributed by atoms with van der Waals surface area (Å²) < 4.78 is 5.35. The Morgan fingerprint density at radius 1 is 1.45 bits per heavy atom. The van der Waals surface area contributed by atoms with Gasteiger partial charge in [0.25, 0.3) is 0 Å². The number of nitrogens with zero attached hydrogens (tertiary/aromatic N) is 1. The van der Waals surface area contributed by atoms with Crippen LogP contribution < -0.4 is 15.8 Å². The molecule has 0 radical (unpaired) electrons. The van der Waals surface area contributed by atoms with Crippen molar-refractivity contribution in [3.8, 4) is 5.75 Å². The SMILES string of the molecule is CN[C@@]1(c2cccc(OC)c2)CCc2nc(N)sc2C1. The number of benzene rings is 1. The van der Waals surface area contributed by atoms with Gasteiger partial charge in [0.1, 0.15) is 5.75 Å². The highest BCUT2D eigenvalue weighted by molar-refractivity contribution is 7.15. The number of aromatic nitrogens is 1. The number of hydrogen-bond acceptors (Lipinski definition) is 5. The molecule has 4 nitrogen and oxygen atoms in total. The van der Waals surface area contributed by atoms with E-state index in [-0.39, 0.29) is 5.54 Å². The zero-order valence-electron chi connectivity index (χ0n) is 11.8. The van der Waals surface area contributed by atoms with Crippen LogP contribution in [0.25, 0.3) is 0 Å². The summed E-state index contributed by atoms with van der Waals surface area (Å²) in [5, 5.41) is 4.19. The minimum atomic E-state index is -0.0550. The number of hydrogen-bond donors (Lipinski definition) is 2. The maximum atomic E-state index is 5.84. The van der Waals surface area contributed by atoms with Crippen LogP contribution in [0.1, 0.15) is 22.6 Å². The van der Waals surface area contributed by atoms with E-state index in [1.807, 2.05) is 19.2 Å². The number of rotatable bonds is 3. The van der Waals surface area contributed by atoms with E-state index in [0.717, 1.165) is 25.0 Å². The van der Waals surface area contributed by atoms with Crippen molar-refractivity contribution in [2.45, 2.75) is 24.8 Å². The Balaban J connectivity index is 2.00. The van der Waals surface area contributed by atoms with Crippen LogP contribution in [-0.2, 0) is 18.4 Å². The highest BCUT2D eigenvalue weighted by atomic mass is 32.1. The third kappa shape index (κ3) is 2.17. The van der Waals surface area contributed by atoms with Crippen molar-refractivity contribution in [1.82, 2.24) is 10.3 Å². The smallest absolute Gasteiger partial charge is 0.180 e. The number of nitrogens with two attached hydrogens (primary N) is 1. The van der Waals surface area contributed by atoms with Crippen LogP contribution in [0.4, 0.5) is 5.13 Å². The van der Waals surface area contributed by atoms with Crippen LogP contribution in [0.15, 0.2) is 24.3 Å². The molecule has 0 aliphatic heterocycles. The first-order valence-corrected chi connectivity index (χ1v) is 7.56. The summed E-state index contributed by atoms with van der Waals surface area (Å²) in [6, 6.07) is 8.30. The second-order valence-electron chi connectivity index (χ2n) is 5.16. The average molecular weight is 289 g/mol. The summed E-state index contributed by atoms with van der Waals surface area (Å²) in [7, 11) is 3.73. The topological polar surface area (TPSA) is 60.2 Å². The van der Waals surface area contributed by atoms with Crippen LogP contribution in [0.3, 0.4) is 0 Å². The Hall–Kier alpha value is -1.59. The molecule has 3 N–H and O–H groups in total. The number of nitrogens with one attached hydrogen (secondary N) is 1. The number of likely N-dealkylation sites (N-methyl/N-ethyl adjacent to an activating group) is 1. The minimum absolute atomic E-state index is 0.0550. The molecule has 0 saturated heterocycles. The number of fused-ring (bicyclic) bond motifs is 1. The molecule has 0 unspecified atom stereocenters. The summed E-state index contributed by atoms with van der Waals surface area (Å²) in [4.78, 5) is 5.72. The maximum Gasteiger partial charge on any atom is 0.180 e. The van der Waals surface area contributed by atoms with Crippen LogP contribution in [0.5, 0.6) is 5.75 Å². The number of methoxy groups -OCH3 is 1. The molecule has 0 amide bonds. The van der Waals surface area contributed by atoms with Gasteiger partial charge < -0.3 is 15.8 Å². The second kappa shape index (κ2) is 5.07. The molecule has 0 saturated carbocycles. The number of aryl methyl sites for hydroxylation is 1. The van der Waals surface area contributed by atoms with Gasteiger partial charge in [-0.1, -0.05) is 12.1 Å². The molecule has 5 heteroatoms. The van der Waals surface area contributed by atoms with Gasteiger partial charge in [0.2, 0.25) is 0 Å². The van der Waals surface area contributed by atoms with Crippen LogP contribution in [0, 0.1) is 0 Å². The molecule has 1 aliphatic rings. The van der Waals surface area contributed by atoms with Crippen molar-refractivity contribution in [2.75, 3.05) is 19.9 Å². The fraction of sp³-hybridized carbons (Fsp3) is 0.400. The predicted molar refractivity (Wildman–Crippen MR) is 82.3 cm³/mol. The lowest BCUT2D eigenvalue weighted by Crippen LogP contribution is -2.44. The molecular weight excluding hydrogens is 270 g/mol. The van der Waals surface area contributed by atoms with Gasteiger partial charge >= 0.3 is 0 Å². The summed E-state index contributed by atoms with van der Waals surface area (Å²) in [5.41, 5.74) is 8.21. The number of ether oxygens (including phenoxy) is 1. The third-order valence-electron chi connectivity index (χ3n) is 4.15. The molecule has 1 heterocycles. The van der Waals surface area contributed by atoms with E-state index in [4.69, 9.17) is 10.5 Å². The first-order chi connectivity index (χ1) is 9.66. The quantitative estimate of drug-likeness (QED) is 0.910. The van der Waals surface area contributed by atoms with E-state index >= 15 is 0 Å². The summed E-state index contributed by atoms with van der Waals surface area (Å²) in [5.74, 6) is 0.895. The normalized spacial score (nSPS) is 21.5. The Morgan fingerprint density at radius 2 is 2.30 bits per heavy atom. The monoisotopic (exact) mass is 289 g/mol. The van der Waals surface area contributed by atoms with E-state index in [0.29, 0.717) is 5.13 Å². The Kier molecular flexibility index (Phi) is 3.40. The molecular formula is C15H19N3OS. The van der Waals surface area contributed by atoms with Gasteiger partial charge in [-0.25, -0.2) is 4.98 Å². The lowest BCUT2D eigenvalue weighted by atomic mass is 9.78. The Labute approximate surface area is 123 Å². The van der Waals surface area contributed by atoms with E-state index in [1.54, 1.807) is 18.4 Å². The van der Waals surface area contributed by atoms with Gasteiger partial charge in [0, 0.05) is 16.8 Å². The van der Waals surface area contributed by atoms with Gasteiger partial charge in [0.15, 0.2) is 5.13 Å². The second-order valence-corrected chi connectivity index (χ2v) is 6.28. The van der Waals surface area contributed by atoms with Gasteiger partial charge in [-0.3, -0.25) is 0 Å². The van der Waals surface area contributed by atoms with Gasteiger partial charge in [-0.2, -0.15) is 0 Å². The van der Waals surface area contributed by atoms with E-state index in [1.165, 1.54) is 16.1 Å². The number of anilines is 1. The lowest BCUT2D eigenvalue weighted by molar-refractivity contribution is 0.314. The highest BCUT2D eigenvalue weighted by Crippen LogP contribution is 2.39. The number of thiazole rings is 1. The summed E-state index contributed by atoms with van der Waals surface area (Å²) in [6.45, 7) is 0. The zero-order valence-corrected chi connectivity index (χ0v) is 12.6. The maximum absolute atomic E-state index is 5.84. The van der Waals surface area contributed by atoms with Crippen molar-refractivity contribution in [3.63, 3.8) is 0 Å². The molecule has 0 fully saturated rings. The first-order valence-electron chi connectivity index (χ1n) is 6.74.